The van der Waals surface area contributed by atoms with Gasteiger partial charge in [-0.2, -0.15) is 0 Å². The molecule has 0 aliphatic carbocycles. The minimum absolute atomic E-state index is 0.0849. The summed E-state index contributed by atoms with van der Waals surface area (Å²) in [6, 6.07) is 8.85. The van der Waals surface area contributed by atoms with Gasteiger partial charge in [-0.05, 0) is 36.8 Å². The van der Waals surface area contributed by atoms with Crippen LogP contribution in [0.5, 0.6) is 0 Å². The number of hydrogen-bond acceptors (Lipinski definition) is 6. The summed E-state index contributed by atoms with van der Waals surface area (Å²) in [6.45, 7) is 0.472. The molecule has 3 aromatic rings. The van der Waals surface area contributed by atoms with Gasteiger partial charge in [-0.3, -0.25) is 24.0 Å². The smallest absolute Gasteiger partial charge is 0.239 e. The molecule has 29 heavy (non-hydrogen) atoms. The van der Waals surface area contributed by atoms with Gasteiger partial charge in [-0.1, -0.05) is 35.0 Å². The molecular weight excluding hydrogens is 433 g/mol. The molecule has 0 unspecified atom stereocenters. The van der Waals surface area contributed by atoms with Gasteiger partial charge in [-0.15, -0.1) is 10.2 Å². The number of carbonyl (C=O) groups is 2. The van der Waals surface area contributed by atoms with Crippen molar-refractivity contribution in [3.05, 3.63) is 52.8 Å². The van der Waals surface area contributed by atoms with Gasteiger partial charge in [0.15, 0.2) is 11.0 Å². The summed E-state index contributed by atoms with van der Waals surface area (Å²) in [6.07, 6.45) is 4.46. The molecule has 1 saturated heterocycles. The molecule has 7 nitrogen and oxygen atoms in total. The number of likely N-dealkylation sites (tertiary alicyclic amines) is 1. The highest BCUT2D eigenvalue weighted by atomic mass is 35.5. The van der Waals surface area contributed by atoms with Crippen molar-refractivity contribution in [2.24, 2.45) is 0 Å². The van der Waals surface area contributed by atoms with E-state index in [0.717, 1.165) is 5.56 Å². The summed E-state index contributed by atoms with van der Waals surface area (Å²) in [5.41, 5.74) is 1.52. The van der Waals surface area contributed by atoms with Gasteiger partial charge in [-0.25, -0.2) is 0 Å². The highest BCUT2D eigenvalue weighted by molar-refractivity contribution is 7.99. The summed E-state index contributed by atoms with van der Waals surface area (Å²) in [5.74, 6) is 0.310. The van der Waals surface area contributed by atoms with Gasteiger partial charge >= 0.3 is 0 Å². The zero-order valence-corrected chi connectivity index (χ0v) is 17.4. The number of carbonyl (C=O) groups excluding carboxylic acids is 2. The predicted octanol–water partition coefficient (Wildman–Crippen LogP) is 3.88. The Bertz CT molecular complexity index is 1070. The van der Waals surface area contributed by atoms with Gasteiger partial charge in [0, 0.05) is 30.9 Å². The molecule has 2 aromatic heterocycles. The number of amides is 2. The van der Waals surface area contributed by atoms with E-state index in [4.69, 9.17) is 23.2 Å². The van der Waals surface area contributed by atoms with Crippen molar-refractivity contribution in [1.29, 1.82) is 0 Å². The molecule has 0 saturated carbocycles. The molecule has 0 bridgehead atoms. The van der Waals surface area contributed by atoms with Gasteiger partial charge in [0.2, 0.25) is 11.8 Å². The zero-order chi connectivity index (χ0) is 20.4. The molecule has 0 spiro atoms. The number of nitrogens with zero attached hydrogens (tertiary/aromatic N) is 5. The van der Waals surface area contributed by atoms with E-state index < -0.39 is 0 Å². The SMILES string of the molecule is O=C1CCCN1C(=O)CSc1nnc(-c2ccncc2)n1-c1ccc(Cl)c(Cl)c1. The Labute approximate surface area is 181 Å². The summed E-state index contributed by atoms with van der Waals surface area (Å²) in [4.78, 5) is 29.6. The third-order valence-electron chi connectivity index (χ3n) is 4.43. The van der Waals surface area contributed by atoms with Crippen molar-refractivity contribution in [1.82, 2.24) is 24.6 Å². The first-order chi connectivity index (χ1) is 14.0. The topological polar surface area (TPSA) is 81.0 Å². The first-order valence-corrected chi connectivity index (χ1v) is 10.6. The third kappa shape index (κ3) is 4.14. The fourth-order valence-corrected chi connectivity index (χ4v) is 4.14. The van der Waals surface area contributed by atoms with Crippen LogP contribution >= 0.6 is 35.0 Å². The normalized spacial score (nSPS) is 13.9. The highest BCUT2D eigenvalue weighted by Crippen LogP contribution is 2.31. The fourth-order valence-electron chi connectivity index (χ4n) is 3.02. The van der Waals surface area contributed by atoms with E-state index in [-0.39, 0.29) is 17.6 Å². The van der Waals surface area contributed by atoms with Crippen molar-refractivity contribution in [2.75, 3.05) is 12.3 Å². The Kier molecular flexibility index (Phi) is 5.84. The molecule has 0 N–H and O–H groups in total. The van der Waals surface area contributed by atoms with Gasteiger partial charge in [0.1, 0.15) is 0 Å². The number of pyridine rings is 1. The number of thioether (sulfide) groups is 1. The Morgan fingerprint density at radius 1 is 1.10 bits per heavy atom. The number of aromatic nitrogens is 4. The van der Waals surface area contributed by atoms with Crippen LogP contribution in [0.25, 0.3) is 17.1 Å². The minimum Gasteiger partial charge on any atom is -0.282 e. The van der Waals surface area contributed by atoms with E-state index in [1.54, 1.807) is 35.2 Å². The van der Waals surface area contributed by atoms with Crippen LogP contribution in [0.3, 0.4) is 0 Å². The van der Waals surface area contributed by atoms with Crippen LogP contribution in [0.2, 0.25) is 10.0 Å². The predicted molar refractivity (Wildman–Crippen MR) is 111 cm³/mol. The van der Waals surface area contributed by atoms with Gasteiger partial charge in [0.05, 0.1) is 21.5 Å². The molecule has 4 rings (SSSR count). The van der Waals surface area contributed by atoms with E-state index in [1.165, 1.54) is 16.7 Å². The molecule has 0 atom stereocenters. The Morgan fingerprint density at radius 3 is 2.59 bits per heavy atom. The lowest BCUT2D eigenvalue weighted by Crippen LogP contribution is -2.33. The van der Waals surface area contributed by atoms with Gasteiger partial charge < -0.3 is 0 Å². The largest absolute Gasteiger partial charge is 0.282 e. The number of halogens is 2. The maximum atomic E-state index is 12.4. The van der Waals surface area contributed by atoms with E-state index in [1.807, 2.05) is 12.1 Å². The van der Waals surface area contributed by atoms with Crippen LogP contribution in [0.4, 0.5) is 0 Å². The van der Waals surface area contributed by atoms with E-state index in [9.17, 15) is 9.59 Å². The second-order valence-corrected chi connectivity index (χ2v) is 8.06. The molecule has 0 radical (unpaired) electrons. The van der Waals surface area contributed by atoms with Crippen molar-refractivity contribution < 1.29 is 9.59 Å². The molecule has 1 aromatic carbocycles. The maximum absolute atomic E-state index is 12.4. The number of hydrogen-bond donors (Lipinski definition) is 0. The van der Waals surface area contributed by atoms with E-state index in [0.29, 0.717) is 46.1 Å². The average molecular weight is 448 g/mol. The van der Waals surface area contributed by atoms with Crippen molar-refractivity contribution >= 4 is 46.8 Å². The van der Waals surface area contributed by atoms with Crippen molar-refractivity contribution in [3.63, 3.8) is 0 Å². The molecule has 10 heteroatoms. The monoisotopic (exact) mass is 447 g/mol. The summed E-state index contributed by atoms with van der Waals surface area (Å²) in [7, 11) is 0. The molecule has 3 heterocycles. The minimum atomic E-state index is -0.230. The second-order valence-electron chi connectivity index (χ2n) is 6.31. The maximum Gasteiger partial charge on any atom is 0.239 e. The third-order valence-corrected chi connectivity index (χ3v) is 6.09. The van der Waals surface area contributed by atoms with Crippen LogP contribution in [-0.4, -0.2) is 48.8 Å². The number of imide groups is 1. The molecule has 1 aliphatic rings. The summed E-state index contributed by atoms with van der Waals surface area (Å²) < 4.78 is 1.81. The van der Waals surface area contributed by atoms with Crippen LogP contribution in [0.1, 0.15) is 12.8 Å². The number of benzene rings is 1. The molecular formula is C19H15Cl2N5O2S. The molecule has 1 fully saturated rings. The highest BCUT2D eigenvalue weighted by Gasteiger charge is 2.27. The quantitative estimate of drug-likeness (QED) is 0.552. The lowest BCUT2D eigenvalue weighted by atomic mass is 10.2. The lowest BCUT2D eigenvalue weighted by molar-refractivity contribution is -0.140. The lowest BCUT2D eigenvalue weighted by Gasteiger charge is -2.14. The molecule has 148 valence electrons. The van der Waals surface area contributed by atoms with Crippen molar-refractivity contribution in [2.45, 2.75) is 18.0 Å². The van der Waals surface area contributed by atoms with E-state index >= 15 is 0 Å². The first-order valence-electron chi connectivity index (χ1n) is 8.82. The molecule has 2 amide bonds. The van der Waals surface area contributed by atoms with Crippen LogP contribution in [0, 0.1) is 0 Å². The Balaban J connectivity index is 1.68. The van der Waals surface area contributed by atoms with Crippen LogP contribution in [0.15, 0.2) is 47.9 Å². The Hall–Kier alpha value is -2.42. The summed E-state index contributed by atoms with van der Waals surface area (Å²) >= 11 is 13.5. The van der Waals surface area contributed by atoms with Gasteiger partial charge in [0.25, 0.3) is 0 Å². The summed E-state index contributed by atoms with van der Waals surface area (Å²) in [5, 5.41) is 9.91. The fraction of sp³-hybridized carbons (Fsp3) is 0.211. The molecule has 1 aliphatic heterocycles. The Morgan fingerprint density at radius 2 is 1.90 bits per heavy atom. The standard InChI is InChI=1S/C19H15Cl2N5O2S/c20-14-4-3-13(10-15(14)21)26-18(12-5-7-22-8-6-12)23-24-19(26)29-11-17(28)25-9-1-2-16(25)27/h3-8,10H,1-2,9,11H2. The second kappa shape index (κ2) is 8.52. The first kappa shape index (κ1) is 19.9. The van der Waals surface area contributed by atoms with E-state index in [2.05, 4.69) is 15.2 Å². The number of rotatable bonds is 5. The zero-order valence-electron chi connectivity index (χ0n) is 15.1. The van der Waals surface area contributed by atoms with Crippen LogP contribution < -0.4 is 0 Å². The van der Waals surface area contributed by atoms with Crippen LogP contribution in [-0.2, 0) is 9.59 Å². The van der Waals surface area contributed by atoms with Crippen molar-refractivity contribution in [3.8, 4) is 17.1 Å². The average Bonchev–Trinajstić information content (AvgIpc) is 3.35.